The zero-order valence-corrected chi connectivity index (χ0v) is 10.1. The molecule has 1 fully saturated rings. The first-order valence-corrected chi connectivity index (χ1v) is 5.78. The molecule has 0 aliphatic carbocycles. The molecule has 1 amide bonds. The molecule has 1 aliphatic heterocycles. The molecule has 1 heterocycles. The number of nitrogens with one attached hydrogen (secondary N) is 1. The van der Waals surface area contributed by atoms with Crippen molar-refractivity contribution in [3.63, 3.8) is 0 Å². The molecule has 0 bridgehead atoms. The summed E-state index contributed by atoms with van der Waals surface area (Å²) in [5.74, 6) is -1.27. The van der Waals surface area contributed by atoms with Crippen molar-refractivity contribution in [1.82, 2.24) is 5.32 Å². The fourth-order valence-corrected chi connectivity index (χ4v) is 1.59. The van der Waals surface area contributed by atoms with Crippen LogP contribution >= 0.6 is 0 Å². The highest BCUT2D eigenvalue weighted by atomic mass is 16.5. The Balaban J connectivity index is 2.19. The van der Waals surface area contributed by atoms with Gasteiger partial charge in [-0.05, 0) is 26.7 Å². The maximum atomic E-state index is 11.6. The molecule has 2 atom stereocenters. The molecule has 0 spiro atoms. The molecule has 98 valence electrons. The van der Waals surface area contributed by atoms with E-state index in [0.717, 1.165) is 0 Å². The molecule has 1 saturated heterocycles. The normalized spacial score (nSPS) is 23.9. The number of aliphatic carboxylic acids is 1. The molecule has 0 saturated carbocycles. The third-order valence-corrected chi connectivity index (χ3v) is 2.44. The third-order valence-electron chi connectivity index (χ3n) is 2.44. The summed E-state index contributed by atoms with van der Waals surface area (Å²) in [4.78, 5) is 22.2. The van der Waals surface area contributed by atoms with E-state index in [0.29, 0.717) is 26.0 Å². The summed E-state index contributed by atoms with van der Waals surface area (Å²) in [5.41, 5.74) is 0. The van der Waals surface area contributed by atoms with Crippen LogP contribution in [0.15, 0.2) is 0 Å². The Labute approximate surface area is 100 Å². The van der Waals surface area contributed by atoms with Gasteiger partial charge in [0.2, 0.25) is 5.91 Å². The monoisotopic (exact) mass is 245 g/mol. The average Bonchev–Trinajstić information content (AvgIpc) is 2.73. The SMILES string of the molecule is CC(C)OCCNC(=O)C1CCC(C(=O)O)O1. The summed E-state index contributed by atoms with van der Waals surface area (Å²) < 4.78 is 10.4. The fourth-order valence-electron chi connectivity index (χ4n) is 1.59. The van der Waals surface area contributed by atoms with Gasteiger partial charge in [-0.1, -0.05) is 0 Å². The van der Waals surface area contributed by atoms with Gasteiger partial charge in [0.25, 0.3) is 0 Å². The van der Waals surface area contributed by atoms with Crippen LogP contribution in [-0.2, 0) is 19.1 Å². The first kappa shape index (κ1) is 13.9. The van der Waals surface area contributed by atoms with Gasteiger partial charge in [-0.2, -0.15) is 0 Å². The van der Waals surface area contributed by atoms with Gasteiger partial charge in [-0.15, -0.1) is 0 Å². The molecule has 1 rings (SSSR count). The maximum Gasteiger partial charge on any atom is 0.332 e. The molecule has 6 nitrogen and oxygen atoms in total. The molecule has 2 N–H and O–H groups in total. The second kappa shape index (κ2) is 6.56. The van der Waals surface area contributed by atoms with Gasteiger partial charge in [0, 0.05) is 6.54 Å². The van der Waals surface area contributed by atoms with Gasteiger partial charge in [0.15, 0.2) is 6.10 Å². The van der Waals surface area contributed by atoms with Gasteiger partial charge in [-0.3, -0.25) is 4.79 Å². The van der Waals surface area contributed by atoms with Crippen LogP contribution in [-0.4, -0.2) is 48.4 Å². The number of ether oxygens (including phenoxy) is 2. The summed E-state index contributed by atoms with van der Waals surface area (Å²) >= 11 is 0. The van der Waals surface area contributed by atoms with E-state index in [1.807, 2.05) is 13.8 Å². The van der Waals surface area contributed by atoms with E-state index in [9.17, 15) is 9.59 Å². The number of carbonyl (C=O) groups is 2. The van der Waals surface area contributed by atoms with E-state index in [4.69, 9.17) is 14.6 Å². The molecular weight excluding hydrogens is 226 g/mol. The zero-order chi connectivity index (χ0) is 12.8. The molecular formula is C11H19NO5. The standard InChI is InChI=1S/C11H19NO5/c1-7(2)16-6-5-12-10(13)8-3-4-9(17-8)11(14)15/h7-9H,3-6H2,1-2H3,(H,12,13)(H,14,15). The van der Waals surface area contributed by atoms with Gasteiger partial charge in [-0.25, -0.2) is 4.79 Å². The average molecular weight is 245 g/mol. The van der Waals surface area contributed by atoms with Crippen molar-refractivity contribution in [3.05, 3.63) is 0 Å². The van der Waals surface area contributed by atoms with Gasteiger partial charge >= 0.3 is 5.97 Å². The third kappa shape index (κ3) is 4.70. The van der Waals surface area contributed by atoms with E-state index in [2.05, 4.69) is 5.32 Å². The van der Waals surface area contributed by atoms with E-state index < -0.39 is 18.2 Å². The maximum absolute atomic E-state index is 11.6. The van der Waals surface area contributed by atoms with Crippen LogP contribution in [0.2, 0.25) is 0 Å². The van der Waals surface area contributed by atoms with E-state index in [1.54, 1.807) is 0 Å². The van der Waals surface area contributed by atoms with Crippen LogP contribution in [0.25, 0.3) is 0 Å². The summed E-state index contributed by atoms with van der Waals surface area (Å²) in [6, 6.07) is 0. The number of carbonyl (C=O) groups excluding carboxylic acids is 1. The fraction of sp³-hybridized carbons (Fsp3) is 0.818. The van der Waals surface area contributed by atoms with E-state index >= 15 is 0 Å². The highest BCUT2D eigenvalue weighted by Gasteiger charge is 2.34. The molecule has 0 aromatic carbocycles. The highest BCUT2D eigenvalue weighted by molar-refractivity contribution is 5.82. The Morgan fingerprint density at radius 1 is 1.41 bits per heavy atom. The summed E-state index contributed by atoms with van der Waals surface area (Å²) in [6.45, 7) is 4.69. The molecule has 0 aromatic rings. The topological polar surface area (TPSA) is 84.9 Å². The Bertz CT molecular complexity index is 279. The van der Waals surface area contributed by atoms with Crippen LogP contribution in [0.3, 0.4) is 0 Å². The van der Waals surface area contributed by atoms with Crippen molar-refractivity contribution in [2.75, 3.05) is 13.2 Å². The zero-order valence-electron chi connectivity index (χ0n) is 10.1. The first-order valence-electron chi connectivity index (χ1n) is 5.78. The summed E-state index contributed by atoms with van der Waals surface area (Å²) in [5, 5.41) is 11.4. The summed E-state index contributed by atoms with van der Waals surface area (Å²) in [6.07, 6.45) is -0.525. The van der Waals surface area contributed by atoms with E-state index in [-0.39, 0.29) is 12.0 Å². The predicted octanol–water partition coefficient (Wildman–Crippen LogP) is 0.160. The lowest BCUT2D eigenvalue weighted by molar-refractivity contribution is -0.151. The molecule has 6 heteroatoms. The minimum absolute atomic E-state index is 0.131. The number of rotatable bonds is 6. The number of hydrogen-bond donors (Lipinski definition) is 2. The number of carboxylic acids is 1. The molecule has 2 unspecified atom stereocenters. The van der Waals surface area contributed by atoms with Crippen LogP contribution in [0.4, 0.5) is 0 Å². The minimum atomic E-state index is -1.01. The molecule has 17 heavy (non-hydrogen) atoms. The minimum Gasteiger partial charge on any atom is -0.479 e. The lowest BCUT2D eigenvalue weighted by Gasteiger charge is -2.12. The van der Waals surface area contributed by atoms with Gasteiger partial charge in [0.1, 0.15) is 6.10 Å². The van der Waals surface area contributed by atoms with Crippen molar-refractivity contribution in [1.29, 1.82) is 0 Å². The van der Waals surface area contributed by atoms with Crippen LogP contribution in [0.5, 0.6) is 0 Å². The Morgan fingerprint density at radius 3 is 2.59 bits per heavy atom. The number of hydrogen-bond acceptors (Lipinski definition) is 4. The lowest BCUT2D eigenvalue weighted by Crippen LogP contribution is -2.37. The van der Waals surface area contributed by atoms with Crippen LogP contribution in [0, 0.1) is 0 Å². The predicted molar refractivity (Wildman–Crippen MR) is 59.6 cm³/mol. The van der Waals surface area contributed by atoms with Crippen molar-refractivity contribution in [3.8, 4) is 0 Å². The van der Waals surface area contributed by atoms with Gasteiger partial charge < -0.3 is 19.9 Å². The van der Waals surface area contributed by atoms with Crippen LogP contribution in [0.1, 0.15) is 26.7 Å². The Morgan fingerprint density at radius 2 is 2.06 bits per heavy atom. The second-order valence-corrected chi connectivity index (χ2v) is 4.24. The van der Waals surface area contributed by atoms with E-state index in [1.165, 1.54) is 0 Å². The number of carboxylic acid groups (broad SMARTS) is 1. The lowest BCUT2D eigenvalue weighted by atomic mass is 10.2. The molecule has 1 aliphatic rings. The Hall–Kier alpha value is -1.14. The second-order valence-electron chi connectivity index (χ2n) is 4.24. The van der Waals surface area contributed by atoms with Crippen molar-refractivity contribution < 1.29 is 24.2 Å². The number of amides is 1. The van der Waals surface area contributed by atoms with Crippen molar-refractivity contribution in [2.45, 2.75) is 45.0 Å². The molecule has 0 aromatic heterocycles. The Kier molecular flexibility index (Phi) is 5.37. The molecule has 0 radical (unpaired) electrons. The highest BCUT2D eigenvalue weighted by Crippen LogP contribution is 2.19. The first-order chi connectivity index (χ1) is 8.00. The summed E-state index contributed by atoms with van der Waals surface area (Å²) in [7, 11) is 0. The quantitative estimate of drug-likeness (QED) is 0.651. The van der Waals surface area contributed by atoms with Crippen LogP contribution < -0.4 is 5.32 Å². The van der Waals surface area contributed by atoms with Crippen molar-refractivity contribution >= 4 is 11.9 Å². The van der Waals surface area contributed by atoms with Crippen molar-refractivity contribution in [2.24, 2.45) is 0 Å². The largest absolute Gasteiger partial charge is 0.479 e. The smallest absolute Gasteiger partial charge is 0.332 e. The van der Waals surface area contributed by atoms with Gasteiger partial charge in [0.05, 0.1) is 12.7 Å².